The molecule has 2 aromatic rings. The van der Waals surface area contributed by atoms with Crippen LogP contribution >= 0.6 is 0 Å². The highest BCUT2D eigenvalue weighted by atomic mass is 15.3. The normalized spacial score (nSPS) is 12.1. The number of nitrogens with zero attached hydrogens (tertiary/aromatic N) is 4. The summed E-state index contributed by atoms with van der Waals surface area (Å²) in [7, 11) is 4.02. The minimum atomic E-state index is 0.0484. The number of rotatable bonds is 4. The van der Waals surface area contributed by atoms with Gasteiger partial charge in [-0.05, 0) is 13.1 Å². The Morgan fingerprint density at radius 3 is 2.74 bits per heavy atom. The Bertz CT molecular complexity index is 552. The average molecular weight is 261 g/mol. The molecule has 0 saturated carbocycles. The van der Waals surface area contributed by atoms with Gasteiger partial charge in [0.25, 0.3) is 0 Å². The fourth-order valence-electron chi connectivity index (χ4n) is 1.95. The van der Waals surface area contributed by atoms with Crippen molar-refractivity contribution in [1.29, 1.82) is 0 Å². The third kappa shape index (κ3) is 2.87. The fourth-order valence-corrected chi connectivity index (χ4v) is 1.95. The Morgan fingerprint density at radius 2 is 2.11 bits per heavy atom. The molecule has 0 fully saturated rings. The Kier molecular flexibility index (Phi) is 3.75. The molecule has 0 amide bonds. The Labute approximate surface area is 114 Å². The molecule has 0 aliphatic heterocycles. The van der Waals surface area contributed by atoms with Gasteiger partial charge in [0, 0.05) is 37.9 Å². The van der Waals surface area contributed by atoms with Gasteiger partial charge in [0.2, 0.25) is 0 Å². The molecule has 1 N–H and O–H groups in total. The highest BCUT2D eigenvalue weighted by molar-refractivity contribution is 5.69. The van der Waals surface area contributed by atoms with Crippen LogP contribution in [0.1, 0.15) is 26.5 Å². The van der Waals surface area contributed by atoms with Crippen LogP contribution in [0, 0.1) is 0 Å². The van der Waals surface area contributed by atoms with Crippen molar-refractivity contribution in [1.82, 2.24) is 19.9 Å². The molecule has 2 aromatic heterocycles. The van der Waals surface area contributed by atoms with Crippen LogP contribution in [0.15, 0.2) is 18.5 Å². The molecule has 0 aliphatic rings. The van der Waals surface area contributed by atoms with Crippen molar-refractivity contribution in [3.8, 4) is 0 Å². The molecule has 0 atom stereocenters. The minimum Gasteiger partial charge on any atom is -0.357 e. The maximum absolute atomic E-state index is 4.64. The van der Waals surface area contributed by atoms with Gasteiger partial charge in [-0.15, -0.1) is 0 Å². The molecule has 0 unspecified atom stereocenters. The van der Waals surface area contributed by atoms with Crippen molar-refractivity contribution in [3.05, 3.63) is 24.2 Å². The zero-order valence-electron chi connectivity index (χ0n) is 12.4. The van der Waals surface area contributed by atoms with Crippen LogP contribution < -0.4 is 10.2 Å². The molecule has 0 saturated heterocycles. The van der Waals surface area contributed by atoms with Crippen molar-refractivity contribution in [2.24, 2.45) is 0 Å². The van der Waals surface area contributed by atoms with E-state index in [2.05, 4.69) is 54.2 Å². The van der Waals surface area contributed by atoms with E-state index in [0.717, 1.165) is 30.1 Å². The van der Waals surface area contributed by atoms with E-state index in [-0.39, 0.29) is 5.41 Å². The smallest absolute Gasteiger partial charge is 0.154 e. The number of hydrogen-bond donors (Lipinski definition) is 1. The number of fused-ring (bicyclic) bond motifs is 1. The topological polar surface area (TPSA) is 45.5 Å². The van der Waals surface area contributed by atoms with E-state index < -0.39 is 0 Å². The van der Waals surface area contributed by atoms with E-state index in [1.807, 2.05) is 17.8 Å². The van der Waals surface area contributed by atoms with Gasteiger partial charge in [-0.25, -0.2) is 9.50 Å². The zero-order chi connectivity index (χ0) is 14.0. The second kappa shape index (κ2) is 5.17. The van der Waals surface area contributed by atoms with Gasteiger partial charge in [0.1, 0.15) is 5.52 Å². The van der Waals surface area contributed by atoms with E-state index in [0.29, 0.717) is 0 Å². The predicted octanol–water partition coefficient (Wildman–Crippen LogP) is 1.68. The van der Waals surface area contributed by atoms with Gasteiger partial charge in [-0.3, -0.25) is 0 Å². The molecule has 0 aromatic carbocycles. The van der Waals surface area contributed by atoms with E-state index in [1.54, 1.807) is 6.20 Å². The third-order valence-corrected chi connectivity index (χ3v) is 3.20. The highest BCUT2D eigenvalue weighted by Crippen LogP contribution is 2.25. The first-order valence-corrected chi connectivity index (χ1v) is 6.64. The Morgan fingerprint density at radius 1 is 1.37 bits per heavy atom. The molecular formula is C14H23N5. The van der Waals surface area contributed by atoms with Crippen LogP contribution in [-0.4, -0.2) is 41.8 Å². The highest BCUT2D eigenvalue weighted by Gasteiger charge is 2.19. The summed E-state index contributed by atoms with van der Waals surface area (Å²) >= 11 is 0. The van der Waals surface area contributed by atoms with Crippen molar-refractivity contribution in [3.63, 3.8) is 0 Å². The molecule has 2 heterocycles. The quantitative estimate of drug-likeness (QED) is 0.909. The molecule has 104 valence electrons. The van der Waals surface area contributed by atoms with Gasteiger partial charge < -0.3 is 10.2 Å². The van der Waals surface area contributed by atoms with Crippen LogP contribution in [0.25, 0.3) is 5.52 Å². The first-order valence-electron chi connectivity index (χ1n) is 6.64. The summed E-state index contributed by atoms with van der Waals surface area (Å²) in [5, 5.41) is 7.80. The summed E-state index contributed by atoms with van der Waals surface area (Å²) in [5.74, 6) is 0.973. The largest absolute Gasteiger partial charge is 0.357 e. The molecule has 2 rings (SSSR count). The first-order chi connectivity index (χ1) is 8.93. The van der Waals surface area contributed by atoms with Crippen LogP contribution in [0.5, 0.6) is 0 Å². The number of anilines is 1. The fraction of sp³-hybridized carbons (Fsp3) is 0.571. The number of nitrogens with one attached hydrogen (secondary N) is 1. The van der Waals surface area contributed by atoms with Crippen molar-refractivity contribution in [2.75, 3.05) is 32.1 Å². The number of aromatic nitrogens is 3. The second-order valence-corrected chi connectivity index (χ2v) is 5.89. The van der Waals surface area contributed by atoms with E-state index in [9.17, 15) is 0 Å². The molecule has 0 spiro atoms. The lowest BCUT2D eigenvalue weighted by Crippen LogP contribution is -2.28. The maximum Gasteiger partial charge on any atom is 0.154 e. The summed E-state index contributed by atoms with van der Waals surface area (Å²) in [4.78, 5) is 6.65. The van der Waals surface area contributed by atoms with Crippen molar-refractivity contribution >= 4 is 11.3 Å². The van der Waals surface area contributed by atoms with Gasteiger partial charge in [-0.1, -0.05) is 20.8 Å². The Balaban J connectivity index is 2.42. The zero-order valence-corrected chi connectivity index (χ0v) is 12.4. The standard InChI is InChI=1S/C14H23N5/c1-14(2,3)12-10-11-13(18(5)8-6-15-4)16-7-9-19(11)17-12/h7,9-10,15H,6,8H2,1-5H3. The molecule has 0 bridgehead atoms. The lowest BCUT2D eigenvalue weighted by Gasteiger charge is -2.18. The van der Waals surface area contributed by atoms with E-state index in [4.69, 9.17) is 0 Å². The van der Waals surface area contributed by atoms with Crippen molar-refractivity contribution in [2.45, 2.75) is 26.2 Å². The van der Waals surface area contributed by atoms with E-state index in [1.165, 1.54) is 0 Å². The van der Waals surface area contributed by atoms with Crippen LogP contribution in [0.3, 0.4) is 0 Å². The minimum absolute atomic E-state index is 0.0484. The summed E-state index contributed by atoms with van der Waals surface area (Å²) < 4.78 is 1.92. The SMILES string of the molecule is CNCCN(C)c1nccn2nc(C(C)(C)C)cc12. The van der Waals surface area contributed by atoms with E-state index >= 15 is 0 Å². The molecule has 5 nitrogen and oxygen atoms in total. The summed E-state index contributed by atoms with van der Waals surface area (Å²) in [6.07, 6.45) is 3.71. The number of likely N-dealkylation sites (N-methyl/N-ethyl adjacent to an activating group) is 2. The van der Waals surface area contributed by atoms with Gasteiger partial charge in [0.05, 0.1) is 5.69 Å². The molecule has 0 aliphatic carbocycles. The van der Waals surface area contributed by atoms with Gasteiger partial charge >= 0.3 is 0 Å². The van der Waals surface area contributed by atoms with Crippen molar-refractivity contribution < 1.29 is 0 Å². The predicted molar refractivity (Wildman–Crippen MR) is 78.9 cm³/mol. The van der Waals surface area contributed by atoms with Gasteiger partial charge in [-0.2, -0.15) is 5.10 Å². The summed E-state index contributed by atoms with van der Waals surface area (Å²) in [6, 6.07) is 2.14. The average Bonchev–Trinajstić information content (AvgIpc) is 2.79. The first kappa shape index (κ1) is 13.8. The lowest BCUT2D eigenvalue weighted by atomic mass is 9.92. The molecule has 0 radical (unpaired) electrons. The summed E-state index contributed by atoms with van der Waals surface area (Å²) in [6.45, 7) is 8.37. The second-order valence-electron chi connectivity index (χ2n) is 5.89. The molecular weight excluding hydrogens is 238 g/mol. The van der Waals surface area contributed by atoms with Crippen LogP contribution in [0.4, 0.5) is 5.82 Å². The maximum atomic E-state index is 4.64. The monoisotopic (exact) mass is 261 g/mol. The molecule has 5 heteroatoms. The van der Waals surface area contributed by atoms with Crippen LogP contribution in [-0.2, 0) is 5.41 Å². The van der Waals surface area contributed by atoms with Crippen LogP contribution in [0.2, 0.25) is 0 Å². The molecule has 19 heavy (non-hydrogen) atoms. The Hall–Kier alpha value is -1.62. The summed E-state index contributed by atoms with van der Waals surface area (Å²) in [5.41, 5.74) is 2.20. The lowest BCUT2D eigenvalue weighted by molar-refractivity contribution is 0.562. The third-order valence-electron chi connectivity index (χ3n) is 3.20. The van der Waals surface area contributed by atoms with Gasteiger partial charge in [0.15, 0.2) is 5.82 Å². The number of hydrogen-bond acceptors (Lipinski definition) is 4.